The zero-order valence-corrected chi connectivity index (χ0v) is 66.2. The number of phosphoric acid groups is 2. The van der Waals surface area contributed by atoms with Gasteiger partial charge < -0.3 is 33.8 Å². The lowest BCUT2D eigenvalue weighted by Crippen LogP contribution is -2.30. The van der Waals surface area contributed by atoms with E-state index in [2.05, 4.69) is 55.4 Å². The van der Waals surface area contributed by atoms with Gasteiger partial charge in [-0.25, -0.2) is 9.13 Å². The minimum atomic E-state index is -4.96. The molecule has 3 N–H and O–H groups in total. The van der Waals surface area contributed by atoms with Crippen LogP contribution >= 0.6 is 15.6 Å². The first kappa shape index (κ1) is 96.1. The van der Waals surface area contributed by atoms with Crippen LogP contribution in [0.1, 0.15) is 402 Å². The highest BCUT2D eigenvalue weighted by atomic mass is 31.2. The van der Waals surface area contributed by atoms with Crippen molar-refractivity contribution in [2.75, 3.05) is 39.6 Å². The number of hydrogen-bond acceptors (Lipinski definition) is 15. The zero-order chi connectivity index (χ0) is 72.4. The maximum absolute atomic E-state index is 13.1. The molecule has 5 atom stereocenters. The Kier molecular flexibility index (Phi) is 66.8. The van der Waals surface area contributed by atoms with Gasteiger partial charge in [-0.2, -0.15) is 0 Å². The van der Waals surface area contributed by atoms with Crippen LogP contribution in [0, 0.1) is 23.7 Å². The molecule has 0 aromatic rings. The van der Waals surface area contributed by atoms with E-state index >= 15 is 0 Å². The van der Waals surface area contributed by atoms with Crippen LogP contribution in [0.5, 0.6) is 0 Å². The summed E-state index contributed by atoms with van der Waals surface area (Å²) < 4.78 is 68.6. The van der Waals surface area contributed by atoms with Crippen LogP contribution < -0.4 is 0 Å². The van der Waals surface area contributed by atoms with Crippen LogP contribution in [0.4, 0.5) is 0 Å². The summed E-state index contributed by atoms with van der Waals surface area (Å²) in [6.07, 6.45) is 54.1. The molecule has 0 bridgehead atoms. The second-order valence-electron chi connectivity index (χ2n) is 30.4. The van der Waals surface area contributed by atoms with Crippen LogP contribution in [0.25, 0.3) is 0 Å². The van der Waals surface area contributed by atoms with Crippen LogP contribution in [-0.4, -0.2) is 96.7 Å². The second kappa shape index (κ2) is 68.2. The van der Waals surface area contributed by atoms with Gasteiger partial charge >= 0.3 is 39.5 Å². The van der Waals surface area contributed by atoms with Crippen molar-refractivity contribution in [1.82, 2.24) is 0 Å². The number of rotatable bonds is 76. The van der Waals surface area contributed by atoms with Crippen molar-refractivity contribution in [3.05, 3.63) is 0 Å². The zero-order valence-electron chi connectivity index (χ0n) is 64.4. The molecule has 0 rings (SSSR count). The average Bonchev–Trinajstić information content (AvgIpc) is 1.45. The molecule has 0 radical (unpaired) electrons. The molecule has 0 saturated carbocycles. The van der Waals surface area contributed by atoms with E-state index in [-0.39, 0.29) is 25.7 Å². The predicted octanol–water partition coefficient (Wildman–Crippen LogP) is 23.2. The van der Waals surface area contributed by atoms with Gasteiger partial charge in [0.2, 0.25) is 0 Å². The Bertz CT molecular complexity index is 1920. The molecule has 0 aliphatic carbocycles. The molecule has 0 saturated heterocycles. The quantitative estimate of drug-likeness (QED) is 0.0222. The van der Waals surface area contributed by atoms with Gasteiger partial charge in [-0.15, -0.1) is 0 Å². The van der Waals surface area contributed by atoms with Gasteiger partial charge in [-0.3, -0.25) is 37.3 Å². The molecule has 0 amide bonds. The summed E-state index contributed by atoms with van der Waals surface area (Å²) in [6.45, 7) is 14.2. The van der Waals surface area contributed by atoms with Crippen LogP contribution in [0.15, 0.2) is 0 Å². The standard InChI is InChI=1S/C79H154O17P2/c1-69(2)55-47-39-31-24-18-13-9-11-15-21-27-35-43-51-59-76(81)89-65-74(95-78(83)61-53-45-36-28-22-16-12-10-14-19-25-32-40-48-56-70(3)4)67-93-97(85,86)91-63-73(80)64-92-98(87,88)94-68-75(66-90-77(82)60-52-44-38-30-34-42-50-58-72(7)8)96-79(84)62-54-46-37-29-23-17-20-26-33-41-49-57-71(5)6/h69-75,80H,9-68H2,1-8H3,(H,85,86)(H,87,88)/t73?,74-,75-/m1/s1. The molecule has 0 aliphatic heterocycles. The number of ether oxygens (including phenoxy) is 4. The molecule has 582 valence electrons. The summed E-state index contributed by atoms with van der Waals surface area (Å²) in [5.41, 5.74) is 0. The third kappa shape index (κ3) is 72.4. The number of phosphoric ester groups is 2. The normalized spacial score (nSPS) is 14.1. The predicted molar refractivity (Wildman–Crippen MR) is 400 cm³/mol. The molecule has 0 heterocycles. The van der Waals surface area contributed by atoms with E-state index in [0.29, 0.717) is 31.6 Å². The van der Waals surface area contributed by atoms with Crippen LogP contribution in [-0.2, 0) is 65.4 Å². The third-order valence-corrected chi connectivity index (χ3v) is 20.2. The van der Waals surface area contributed by atoms with Gasteiger partial charge in [0.05, 0.1) is 26.4 Å². The lowest BCUT2D eigenvalue weighted by atomic mass is 10.0. The van der Waals surface area contributed by atoms with Gasteiger partial charge in [0, 0.05) is 25.7 Å². The number of unbranched alkanes of at least 4 members (excludes halogenated alkanes) is 42. The lowest BCUT2D eigenvalue weighted by Gasteiger charge is -2.21. The number of esters is 4. The van der Waals surface area contributed by atoms with Crippen molar-refractivity contribution >= 4 is 39.5 Å². The van der Waals surface area contributed by atoms with Crippen molar-refractivity contribution in [3.63, 3.8) is 0 Å². The van der Waals surface area contributed by atoms with Crippen molar-refractivity contribution in [1.29, 1.82) is 0 Å². The first-order valence-corrected chi connectivity index (χ1v) is 43.7. The fourth-order valence-corrected chi connectivity index (χ4v) is 13.7. The van der Waals surface area contributed by atoms with Crippen molar-refractivity contribution < 1.29 is 80.2 Å². The van der Waals surface area contributed by atoms with Gasteiger partial charge in [-0.1, -0.05) is 351 Å². The second-order valence-corrected chi connectivity index (χ2v) is 33.3. The molecule has 98 heavy (non-hydrogen) atoms. The molecule has 0 aliphatic rings. The Balaban J connectivity index is 5.25. The smallest absolute Gasteiger partial charge is 0.462 e. The van der Waals surface area contributed by atoms with Crippen molar-refractivity contribution in [2.45, 2.75) is 420 Å². The van der Waals surface area contributed by atoms with E-state index in [1.165, 1.54) is 199 Å². The number of aliphatic hydroxyl groups excluding tert-OH is 1. The molecule has 0 spiro atoms. The topological polar surface area (TPSA) is 237 Å². The first-order valence-electron chi connectivity index (χ1n) is 40.7. The molecule has 17 nitrogen and oxygen atoms in total. The number of carbonyl (C=O) groups excluding carboxylic acids is 4. The Morgan fingerprint density at radius 2 is 0.429 bits per heavy atom. The molecular weight excluding hydrogens is 1280 g/mol. The molecule has 3 unspecified atom stereocenters. The van der Waals surface area contributed by atoms with E-state index < -0.39 is 97.5 Å². The lowest BCUT2D eigenvalue weighted by molar-refractivity contribution is -0.161. The highest BCUT2D eigenvalue weighted by Gasteiger charge is 2.30. The van der Waals surface area contributed by atoms with E-state index in [4.69, 9.17) is 37.0 Å². The Hall–Kier alpha value is -1.94. The fourth-order valence-electron chi connectivity index (χ4n) is 12.1. The molecular formula is C79H154O17P2. The van der Waals surface area contributed by atoms with E-state index in [0.717, 1.165) is 114 Å². The summed E-state index contributed by atoms with van der Waals surface area (Å²) in [7, 11) is -9.92. The summed E-state index contributed by atoms with van der Waals surface area (Å²) in [5.74, 6) is 0.948. The average molecular weight is 1440 g/mol. The van der Waals surface area contributed by atoms with E-state index in [9.17, 15) is 43.2 Å². The summed E-state index contributed by atoms with van der Waals surface area (Å²) in [4.78, 5) is 72.9. The number of hydrogen-bond donors (Lipinski definition) is 3. The highest BCUT2D eigenvalue weighted by Crippen LogP contribution is 2.45. The van der Waals surface area contributed by atoms with Crippen molar-refractivity contribution in [3.8, 4) is 0 Å². The maximum atomic E-state index is 13.1. The van der Waals surface area contributed by atoms with Crippen molar-refractivity contribution in [2.24, 2.45) is 23.7 Å². The fraction of sp³-hybridized carbons (Fsp3) is 0.949. The molecule has 0 aromatic heterocycles. The van der Waals surface area contributed by atoms with E-state index in [1.807, 2.05) is 0 Å². The Morgan fingerprint density at radius 3 is 0.633 bits per heavy atom. The minimum Gasteiger partial charge on any atom is -0.462 e. The Labute approximate surface area is 600 Å². The summed E-state index contributed by atoms with van der Waals surface area (Å²) in [5, 5.41) is 10.6. The number of aliphatic hydroxyl groups is 1. The molecule has 0 aromatic carbocycles. The van der Waals surface area contributed by atoms with Gasteiger partial charge in [0.25, 0.3) is 0 Å². The first-order chi connectivity index (χ1) is 47.1. The number of carbonyl (C=O) groups is 4. The minimum absolute atomic E-state index is 0.105. The molecule has 19 heteroatoms. The monoisotopic (exact) mass is 1440 g/mol. The van der Waals surface area contributed by atoms with Gasteiger partial charge in [-0.05, 0) is 49.4 Å². The molecule has 0 fully saturated rings. The maximum Gasteiger partial charge on any atom is 0.472 e. The van der Waals surface area contributed by atoms with Gasteiger partial charge in [0.1, 0.15) is 19.3 Å². The van der Waals surface area contributed by atoms with Crippen LogP contribution in [0.2, 0.25) is 0 Å². The van der Waals surface area contributed by atoms with Gasteiger partial charge in [0.15, 0.2) is 12.2 Å². The van der Waals surface area contributed by atoms with Crippen LogP contribution in [0.3, 0.4) is 0 Å². The largest absolute Gasteiger partial charge is 0.472 e. The SMILES string of the molecule is CC(C)CCCCCCCCCCCCCCCCC(=O)OC[C@H](COP(=O)(O)OCC(O)COP(=O)(O)OC[C@@H](COC(=O)CCCCCCCCCC(C)C)OC(=O)CCCCCCCCCCCCCC(C)C)OC(=O)CCCCCCCCCCCCCCCCC(C)C. The highest BCUT2D eigenvalue weighted by molar-refractivity contribution is 7.47. The summed E-state index contributed by atoms with van der Waals surface area (Å²) >= 11 is 0. The van der Waals surface area contributed by atoms with E-state index in [1.54, 1.807) is 0 Å². The third-order valence-electron chi connectivity index (χ3n) is 18.3. The summed E-state index contributed by atoms with van der Waals surface area (Å²) in [6, 6.07) is 0. The Morgan fingerprint density at radius 1 is 0.255 bits per heavy atom.